The van der Waals surface area contributed by atoms with Crippen molar-refractivity contribution < 1.29 is 9.59 Å². The minimum Gasteiger partial charge on any atom is -0.347 e. The molecule has 0 aliphatic rings. The van der Waals surface area contributed by atoms with Crippen molar-refractivity contribution in [3.8, 4) is 0 Å². The monoisotopic (exact) mass is 141 g/mol. The number of carbonyl (C=O) groups is 2. The second kappa shape index (κ2) is 4.73. The normalized spacial score (nSPS) is 11.7. The number of hydrogen-bond donors (Lipinski definition) is 1. The minimum absolute atomic E-state index is 0.195. The third-order valence-corrected chi connectivity index (χ3v) is 0.974. The maximum absolute atomic E-state index is 10.4. The van der Waals surface area contributed by atoms with Crippen LogP contribution >= 0.6 is 0 Å². The molecule has 0 spiro atoms. The Bertz CT molecular complexity index is 143. The predicted octanol–water partition coefficient (Wildman–Crippen LogP) is 0.266. The Morgan fingerprint density at radius 1 is 1.80 bits per heavy atom. The molecule has 0 aliphatic carbocycles. The molecule has 0 aromatic rings. The van der Waals surface area contributed by atoms with Gasteiger partial charge in [-0.3, -0.25) is 4.79 Å². The number of aldehydes is 1. The number of hydrogen-bond acceptors (Lipinski definition) is 2. The molecular formula is C7H11NO2. The van der Waals surface area contributed by atoms with Crippen LogP contribution in [-0.4, -0.2) is 18.2 Å². The molecule has 10 heavy (non-hydrogen) atoms. The van der Waals surface area contributed by atoms with Gasteiger partial charge in [0.05, 0.1) is 6.04 Å². The van der Waals surface area contributed by atoms with E-state index in [9.17, 15) is 9.59 Å². The lowest BCUT2D eigenvalue weighted by molar-refractivity contribution is -0.122. The summed E-state index contributed by atoms with van der Waals surface area (Å²) in [4.78, 5) is 20.6. The van der Waals surface area contributed by atoms with Crippen LogP contribution in [-0.2, 0) is 9.59 Å². The van der Waals surface area contributed by atoms with Crippen LogP contribution in [0.1, 0.15) is 13.3 Å². The average Bonchev–Trinajstić information content (AvgIpc) is 1.86. The van der Waals surface area contributed by atoms with Gasteiger partial charge in [0.25, 0.3) is 0 Å². The second-order valence-corrected chi connectivity index (χ2v) is 1.97. The van der Waals surface area contributed by atoms with Gasteiger partial charge in [-0.15, -0.1) is 6.58 Å². The molecule has 0 rings (SSSR count). The summed E-state index contributed by atoms with van der Waals surface area (Å²) in [5.74, 6) is -0.195. The molecule has 1 amide bonds. The number of nitrogens with one attached hydrogen (secondary N) is 1. The van der Waals surface area contributed by atoms with E-state index in [-0.39, 0.29) is 5.91 Å². The molecule has 0 fully saturated rings. The maximum Gasteiger partial charge on any atom is 0.217 e. The van der Waals surface area contributed by atoms with Gasteiger partial charge in [-0.05, 0) is 6.42 Å². The molecule has 0 aliphatic heterocycles. The summed E-state index contributed by atoms with van der Waals surface area (Å²) in [6, 6.07) is -0.407. The zero-order valence-electron chi connectivity index (χ0n) is 5.96. The molecule has 0 radical (unpaired) electrons. The molecule has 0 saturated heterocycles. The first-order valence-electron chi connectivity index (χ1n) is 3.04. The molecule has 56 valence electrons. The van der Waals surface area contributed by atoms with Crippen LogP contribution in [0.2, 0.25) is 0 Å². The van der Waals surface area contributed by atoms with E-state index in [0.29, 0.717) is 12.7 Å². The Morgan fingerprint density at radius 3 is 2.70 bits per heavy atom. The van der Waals surface area contributed by atoms with Gasteiger partial charge in [0.1, 0.15) is 6.29 Å². The van der Waals surface area contributed by atoms with Gasteiger partial charge >= 0.3 is 0 Å². The highest BCUT2D eigenvalue weighted by Crippen LogP contribution is 1.87. The molecule has 0 bridgehead atoms. The first-order valence-corrected chi connectivity index (χ1v) is 3.04. The Balaban J connectivity index is 3.70. The van der Waals surface area contributed by atoms with Crippen molar-refractivity contribution in [1.29, 1.82) is 0 Å². The number of amides is 1. The highest BCUT2D eigenvalue weighted by atomic mass is 16.2. The van der Waals surface area contributed by atoms with Gasteiger partial charge in [0.2, 0.25) is 5.91 Å². The van der Waals surface area contributed by atoms with Crippen LogP contribution in [0.3, 0.4) is 0 Å². The van der Waals surface area contributed by atoms with Gasteiger partial charge in [0, 0.05) is 6.92 Å². The Kier molecular flexibility index (Phi) is 4.20. The lowest BCUT2D eigenvalue weighted by Crippen LogP contribution is -2.33. The standard InChI is InChI=1S/C7H11NO2/c1-3-4-7(5-9)8-6(2)10/h3,5,7H,1,4H2,2H3,(H,8,10)/t7-/m0/s1. The first kappa shape index (κ1) is 8.88. The van der Waals surface area contributed by atoms with Crippen LogP contribution in [0.15, 0.2) is 12.7 Å². The molecule has 0 aromatic heterocycles. The van der Waals surface area contributed by atoms with Crippen LogP contribution < -0.4 is 5.32 Å². The molecule has 3 nitrogen and oxygen atoms in total. The molecule has 0 saturated carbocycles. The smallest absolute Gasteiger partial charge is 0.217 e. The van der Waals surface area contributed by atoms with E-state index in [1.54, 1.807) is 6.08 Å². The minimum atomic E-state index is -0.407. The molecule has 0 unspecified atom stereocenters. The fourth-order valence-electron chi connectivity index (χ4n) is 0.589. The third-order valence-electron chi connectivity index (χ3n) is 0.974. The fourth-order valence-corrected chi connectivity index (χ4v) is 0.589. The molecule has 3 heteroatoms. The van der Waals surface area contributed by atoms with Gasteiger partial charge in [-0.1, -0.05) is 6.08 Å². The summed E-state index contributed by atoms with van der Waals surface area (Å²) in [5, 5.41) is 2.45. The predicted molar refractivity (Wildman–Crippen MR) is 38.5 cm³/mol. The quantitative estimate of drug-likeness (QED) is 0.451. The van der Waals surface area contributed by atoms with E-state index in [2.05, 4.69) is 11.9 Å². The van der Waals surface area contributed by atoms with Crippen LogP contribution in [0.4, 0.5) is 0 Å². The summed E-state index contributed by atoms with van der Waals surface area (Å²) in [7, 11) is 0. The Labute approximate surface area is 60.1 Å². The Morgan fingerprint density at radius 2 is 2.40 bits per heavy atom. The van der Waals surface area contributed by atoms with Gasteiger partial charge in [-0.2, -0.15) is 0 Å². The lowest BCUT2D eigenvalue weighted by atomic mass is 10.2. The molecule has 1 atom stereocenters. The molecule has 0 heterocycles. The van der Waals surface area contributed by atoms with Gasteiger partial charge in [0.15, 0.2) is 0 Å². The van der Waals surface area contributed by atoms with Crippen molar-refractivity contribution in [3.05, 3.63) is 12.7 Å². The summed E-state index contributed by atoms with van der Waals surface area (Å²) >= 11 is 0. The first-order chi connectivity index (χ1) is 4.70. The fraction of sp³-hybridized carbons (Fsp3) is 0.429. The van der Waals surface area contributed by atoms with E-state index in [0.717, 1.165) is 0 Å². The second-order valence-electron chi connectivity index (χ2n) is 1.97. The number of rotatable bonds is 4. The molecule has 1 N–H and O–H groups in total. The molecular weight excluding hydrogens is 130 g/mol. The van der Waals surface area contributed by atoms with Crippen molar-refractivity contribution >= 4 is 12.2 Å². The SMILES string of the molecule is C=CC[C@@H](C=O)NC(C)=O. The zero-order chi connectivity index (χ0) is 7.98. The summed E-state index contributed by atoms with van der Waals surface area (Å²) in [6.45, 7) is 4.82. The summed E-state index contributed by atoms with van der Waals surface area (Å²) in [6.07, 6.45) is 2.78. The van der Waals surface area contributed by atoms with E-state index in [4.69, 9.17) is 0 Å². The van der Waals surface area contributed by atoms with Gasteiger partial charge < -0.3 is 10.1 Å². The van der Waals surface area contributed by atoms with Crippen LogP contribution in [0.25, 0.3) is 0 Å². The van der Waals surface area contributed by atoms with Crippen molar-refractivity contribution in [2.24, 2.45) is 0 Å². The largest absolute Gasteiger partial charge is 0.347 e. The third kappa shape index (κ3) is 3.83. The van der Waals surface area contributed by atoms with E-state index < -0.39 is 6.04 Å². The van der Waals surface area contributed by atoms with Crippen molar-refractivity contribution in [1.82, 2.24) is 5.32 Å². The average molecular weight is 141 g/mol. The van der Waals surface area contributed by atoms with E-state index >= 15 is 0 Å². The van der Waals surface area contributed by atoms with E-state index in [1.165, 1.54) is 6.92 Å². The summed E-state index contributed by atoms with van der Waals surface area (Å²) in [5.41, 5.74) is 0. The van der Waals surface area contributed by atoms with Crippen molar-refractivity contribution in [2.75, 3.05) is 0 Å². The highest BCUT2D eigenvalue weighted by Gasteiger charge is 2.03. The van der Waals surface area contributed by atoms with Crippen molar-refractivity contribution in [2.45, 2.75) is 19.4 Å². The Hall–Kier alpha value is -1.12. The number of carbonyl (C=O) groups excluding carboxylic acids is 2. The topological polar surface area (TPSA) is 46.2 Å². The lowest BCUT2D eigenvalue weighted by Gasteiger charge is -2.06. The zero-order valence-corrected chi connectivity index (χ0v) is 5.96. The van der Waals surface area contributed by atoms with E-state index in [1.807, 2.05) is 0 Å². The molecule has 0 aromatic carbocycles. The van der Waals surface area contributed by atoms with Gasteiger partial charge in [-0.25, -0.2) is 0 Å². The van der Waals surface area contributed by atoms with Crippen molar-refractivity contribution in [3.63, 3.8) is 0 Å². The maximum atomic E-state index is 10.4. The van der Waals surface area contributed by atoms with Crippen LogP contribution in [0, 0.1) is 0 Å². The van der Waals surface area contributed by atoms with Crippen LogP contribution in [0.5, 0.6) is 0 Å². The highest BCUT2D eigenvalue weighted by molar-refractivity contribution is 5.77. The summed E-state index contributed by atoms with van der Waals surface area (Å²) < 4.78 is 0.